The van der Waals surface area contributed by atoms with Crippen LogP contribution >= 0.6 is 0 Å². The van der Waals surface area contributed by atoms with Gasteiger partial charge in [0.2, 0.25) is 5.91 Å². The molecule has 5 nitrogen and oxygen atoms in total. The first-order chi connectivity index (χ1) is 7.93. The molecular weight excluding hydrogens is 220 g/mol. The molecule has 0 aromatic rings. The maximum Gasteiger partial charge on any atom is 0.326 e. The molecule has 0 aliphatic heterocycles. The highest BCUT2D eigenvalue weighted by molar-refractivity contribution is 5.86. The highest BCUT2D eigenvalue weighted by Gasteiger charge is 2.25. The van der Waals surface area contributed by atoms with E-state index in [1.54, 1.807) is 0 Å². The summed E-state index contributed by atoms with van der Waals surface area (Å²) in [6, 6.07) is -1.46. The lowest BCUT2D eigenvalue weighted by molar-refractivity contribution is -0.142. The summed E-state index contributed by atoms with van der Waals surface area (Å²) in [5, 5.41) is 11.5. The number of hydrogen-bond acceptors (Lipinski definition) is 3. The molecule has 0 bridgehead atoms. The van der Waals surface area contributed by atoms with E-state index >= 15 is 0 Å². The van der Waals surface area contributed by atoms with Crippen LogP contribution in [0.15, 0.2) is 0 Å². The van der Waals surface area contributed by atoms with E-state index in [1.807, 2.05) is 20.8 Å². The van der Waals surface area contributed by atoms with Crippen molar-refractivity contribution in [3.8, 4) is 0 Å². The Hall–Kier alpha value is -1.10. The first-order valence-electron chi connectivity index (χ1n) is 6.22. The summed E-state index contributed by atoms with van der Waals surface area (Å²) in [6.07, 6.45) is 2.92. The Bertz CT molecular complexity index is 256. The summed E-state index contributed by atoms with van der Waals surface area (Å²) in [6.45, 7) is 5.81. The Morgan fingerprint density at radius 1 is 1.35 bits per heavy atom. The molecule has 0 fully saturated rings. The highest BCUT2D eigenvalue weighted by Crippen LogP contribution is 2.07. The maximum atomic E-state index is 11.7. The van der Waals surface area contributed by atoms with Gasteiger partial charge in [0.25, 0.3) is 0 Å². The minimum atomic E-state index is -0.997. The number of carboxylic acid groups (broad SMARTS) is 1. The number of unbranched alkanes of at least 4 members (excludes halogenated alkanes) is 1. The summed E-state index contributed by atoms with van der Waals surface area (Å²) in [5.74, 6) is -1.32. The van der Waals surface area contributed by atoms with Crippen molar-refractivity contribution in [2.24, 2.45) is 11.7 Å². The van der Waals surface area contributed by atoms with Crippen molar-refractivity contribution in [1.82, 2.24) is 5.32 Å². The number of carboxylic acids is 1. The fourth-order valence-electron chi connectivity index (χ4n) is 1.45. The van der Waals surface area contributed by atoms with Crippen LogP contribution in [0, 0.1) is 5.92 Å². The van der Waals surface area contributed by atoms with Crippen molar-refractivity contribution in [2.45, 2.75) is 58.5 Å². The normalized spacial score (nSPS) is 16.0. The van der Waals surface area contributed by atoms with Crippen LogP contribution in [0.1, 0.15) is 46.5 Å². The van der Waals surface area contributed by atoms with Crippen molar-refractivity contribution in [3.63, 3.8) is 0 Å². The number of nitrogens with one attached hydrogen (secondary N) is 1. The van der Waals surface area contributed by atoms with E-state index in [1.165, 1.54) is 0 Å². The Morgan fingerprint density at radius 2 is 1.94 bits per heavy atom. The van der Waals surface area contributed by atoms with Crippen LogP contribution in [-0.4, -0.2) is 29.1 Å². The quantitative estimate of drug-likeness (QED) is 0.596. The monoisotopic (exact) mass is 244 g/mol. The molecule has 0 aliphatic carbocycles. The predicted octanol–water partition coefficient (Wildman–Crippen LogP) is 1.12. The average Bonchev–Trinajstić information content (AvgIpc) is 2.31. The Labute approximate surface area is 103 Å². The number of carbonyl (C=O) groups is 2. The van der Waals surface area contributed by atoms with E-state index in [2.05, 4.69) is 5.32 Å². The van der Waals surface area contributed by atoms with Gasteiger partial charge in [0, 0.05) is 0 Å². The molecule has 0 heterocycles. The molecule has 0 aromatic carbocycles. The first-order valence-corrected chi connectivity index (χ1v) is 6.22. The molecule has 0 aliphatic rings. The van der Waals surface area contributed by atoms with Gasteiger partial charge >= 0.3 is 5.97 Å². The second-order valence-corrected chi connectivity index (χ2v) is 4.45. The summed E-state index contributed by atoms with van der Waals surface area (Å²) in [7, 11) is 0. The van der Waals surface area contributed by atoms with Gasteiger partial charge in [-0.2, -0.15) is 0 Å². The molecule has 5 heteroatoms. The van der Waals surface area contributed by atoms with Gasteiger partial charge in [-0.25, -0.2) is 4.79 Å². The van der Waals surface area contributed by atoms with E-state index in [0.29, 0.717) is 6.42 Å². The molecule has 0 saturated carbocycles. The van der Waals surface area contributed by atoms with E-state index in [0.717, 1.165) is 19.3 Å². The van der Waals surface area contributed by atoms with Gasteiger partial charge in [-0.05, 0) is 12.3 Å². The van der Waals surface area contributed by atoms with Crippen LogP contribution in [-0.2, 0) is 9.59 Å². The van der Waals surface area contributed by atoms with E-state index in [9.17, 15) is 9.59 Å². The average molecular weight is 244 g/mol. The molecule has 0 spiro atoms. The lowest BCUT2D eigenvalue weighted by Gasteiger charge is -2.21. The predicted molar refractivity (Wildman–Crippen MR) is 66.5 cm³/mol. The summed E-state index contributed by atoms with van der Waals surface area (Å²) in [5.41, 5.74) is 5.74. The van der Waals surface area contributed by atoms with Crippen molar-refractivity contribution in [3.05, 3.63) is 0 Å². The molecule has 0 rings (SSSR count). The third-order valence-electron chi connectivity index (χ3n) is 3.02. The van der Waals surface area contributed by atoms with Crippen LogP contribution in [0.25, 0.3) is 0 Å². The van der Waals surface area contributed by atoms with Crippen LogP contribution in [0.2, 0.25) is 0 Å². The van der Waals surface area contributed by atoms with Gasteiger partial charge in [-0.1, -0.05) is 40.0 Å². The third-order valence-corrected chi connectivity index (χ3v) is 3.02. The van der Waals surface area contributed by atoms with Gasteiger partial charge in [0.05, 0.1) is 6.04 Å². The second-order valence-electron chi connectivity index (χ2n) is 4.45. The summed E-state index contributed by atoms with van der Waals surface area (Å²) >= 11 is 0. The number of rotatable bonds is 8. The van der Waals surface area contributed by atoms with Crippen molar-refractivity contribution in [1.29, 1.82) is 0 Å². The Morgan fingerprint density at radius 3 is 2.35 bits per heavy atom. The molecule has 0 saturated heterocycles. The smallest absolute Gasteiger partial charge is 0.326 e. The Balaban J connectivity index is 4.34. The van der Waals surface area contributed by atoms with Crippen molar-refractivity contribution in [2.75, 3.05) is 0 Å². The van der Waals surface area contributed by atoms with Crippen LogP contribution in [0.3, 0.4) is 0 Å². The topological polar surface area (TPSA) is 92.4 Å². The van der Waals surface area contributed by atoms with Crippen molar-refractivity contribution < 1.29 is 14.7 Å². The maximum absolute atomic E-state index is 11.7. The van der Waals surface area contributed by atoms with Crippen LogP contribution in [0.4, 0.5) is 0 Å². The molecule has 0 radical (unpaired) electrons. The minimum absolute atomic E-state index is 0.0515. The van der Waals surface area contributed by atoms with Crippen LogP contribution < -0.4 is 11.1 Å². The lowest BCUT2D eigenvalue weighted by Crippen LogP contribution is -2.50. The van der Waals surface area contributed by atoms with Gasteiger partial charge in [-0.15, -0.1) is 0 Å². The van der Waals surface area contributed by atoms with Crippen LogP contribution in [0.5, 0.6) is 0 Å². The number of hydrogen-bond donors (Lipinski definition) is 3. The molecule has 0 aromatic heterocycles. The fourth-order valence-corrected chi connectivity index (χ4v) is 1.45. The van der Waals surface area contributed by atoms with Crippen molar-refractivity contribution >= 4 is 11.9 Å². The first kappa shape index (κ1) is 15.9. The molecule has 4 N–H and O–H groups in total. The van der Waals surface area contributed by atoms with E-state index in [-0.39, 0.29) is 11.8 Å². The van der Waals surface area contributed by atoms with Gasteiger partial charge in [-0.3, -0.25) is 4.79 Å². The largest absolute Gasteiger partial charge is 0.480 e. The number of amides is 1. The third kappa shape index (κ3) is 5.68. The zero-order valence-electron chi connectivity index (χ0n) is 10.9. The molecule has 3 atom stereocenters. The minimum Gasteiger partial charge on any atom is -0.480 e. The molecule has 100 valence electrons. The van der Waals surface area contributed by atoms with E-state index in [4.69, 9.17) is 10.8 Å². The fraction of sp³-hybridized carbons (Fsp3) is 0.833. The van der Waals surface area contributed by atoms with E-state index < -0.39 is 18.1 Å². The molecule has 0 unspecified atom stereocenters. The van der Waals surface area contributed by atoms with Gasteiger partial charge in [0.15, 0.2) is 0 Å². The van der Waals surface area contributed by atoms with Gasteiger partial charge in [0.1, 0.15) is 6.04 Å². The summed E-state index contributed by atoms with van der Waals surface area (Å²) in [4.78, 5) is 22.7. The Kier molecular flexibility index (Phi) is 7.54. The zero-order chi connectivity index (χ0) is 13.4. The number of aliphatic carboxylic acids is 1. The number of carbonyl (C=O) groups excluding carboxylic acids is 1. The lowest BCUT2D eigenvalue weighted by atomic mass is 9.99. The molecule has 1 amide bonds. The highest BCUT2D eigenvalue weighted by atomic mass is 16.4. The van der Waals surface area contributed by atoms with Gasteiger partial charge < -0.3 is 16.2 Å². The second kappa shape index (κ2) is 8.06. The molecule has 17 heavy (non-hydrogen) atoms. The zero-order valence-corrected chi connectivity index (χ0v) is 10.9. The standard InChI is InChI=1S/C12H24N2O3/c1-4-6-7-9(12(16)17)14-11(15)10(13)8(3)5-2/h8-10H,4-7,13H2,1-3H3,(H,14,15)(H,16,17)/t8-,9-,10-/m0/s1. The number of nitrogens with two attached hydrogens (primary N) is 1. The summed E-state index contributed by atoms with van der Waals surface area (Å²) < 4.78 is 0. The SMILES string of the molecule is CCCC[C@H](NC(=O)[C@@H](N)[C@@H](C)CC)C(=O)O. The molecular formula is C12H24N2O3.